The number of aryl methyl sites for hydroxylation is 1. The summed E-state index contributed by atoms with van der Waals surface area (Å²) < 4.78 is 5.35. The van der Waals surface area contributed by atoms with Crippen LogP contribution in [0, 0.1) is 11.3 Å². The highest BCUT2D eigenvalue weighted by molar-refractivity contribution is 5.80. The summed E-state index contributed by atoms with van der Waals surface area (Å²) in [5.74, 6) is 0.0330. The number of amides is 2. The summed E-state index contributed by atoms with van der Waals surface area (Å²) in [7, 11) is 0. The molecule has 154 valence electrons. The third kappa shape index (κ3) is 3.47. The van der Waals surface area contributed by atoms with Crippen molar-refractivity contribution in [2.75, 3.05) is 13.1 Å². The summed E-state index contributed by atoms with van der Waals surface area (Å²) in [6.45, 7) is 4.60. The van der Waals surface area contributed by atoms with Crippen LogP contribution < -0.4 is 5.32 Å². The number of urea groups is 1. The Labute approximate surface area is 169 Å². The first-order valence-electron chi connectivity index (χ1n) is 10.1. The van der Waals surface area contributed by atoms with E-state index in [0.29, 0.717) is 24.7 Å². The fourth-order valence-corrected chi connectivity index (χ4v) is 4.55. The average molecular weight is 398 g/mol. The van der Waals surface area contributed by atoms with E-state index in [1.54, 1.807) is 11.8 Å². The summed E-state index contributed by atoms with van der Waals surface area (Å²) in [6, 6.07) is 7.19. The van der Waals surface area contributed by atoms with Crippen LogP contribution in [0.4, 0.5) is 4.79 Å². The van der Waals surface area contributed by atoms with Crippen molar-refractivity contribution in [3.05, 3.63) is 35.7 Å². The van der Waals surface area contributed by atoms with E-state index in [-0.39, 0.29) is 18.5 Å². The molecule has 1 aliphatic heterocycles. The van der Waals surface area contributed by atoms with Gasteiger partial charge in [-0.1, -0.05) is 42.8 Å². The summed E-state index contributed by atoms with van der Waals surface area (Å²) in [6.07, 6.45) is 3.36. The second-order valence-corrected chi connectivity index (χ2v) is 8.11. The molecule has 29 heavy (non-hydrogen) atoms. The Kier molecular flexibility index (Phi) is 5.02. The largest absolute Gasteiger partial charge is 0.481 e. The van der Waals surface area contributed by atoms with Crippen LogP contribution in [0.15, 0.2) is 28.8 Å². The Morgan fingerprint density at radius 3 is 2.79 bits per heavy atom. The fraction of sp³-hybridized carbons (Fsp3) is 0.524. The molecule has 3 atom stereocenters. The molecule has 1 aliphatic carbocycles. The minimum atomic E-state index is -0.793. The number of carbonyl (C=O) groups is 2. The monoisotopic (exact) mass is 398 g/mol. The van der Waals surface area contributed by atoms with E-state index in [2.05, 4.69) is 22.4 Å². The van der Waals surface area contributed by atoms with E-state index in [9.17, 15) is 14.7 Å². The first-order valence-corrected chi connectivity index (χ1v) is 10.1. The molecule has 2 N–H and O–H groups in total. The van der Waals surface area contributed by atoms with Crippen LogP contribution >= 0.6 is 0 Å². The third-order valence-corrected chi connectivity index (χ3v) is 6.36. The number of fused-ring (bicyclic) bond motifs is 1. The summed E-state index contributed by atoms with van der Waals surface area (Å²) in [5.41, 5.74) is 1.29. The Bertz CT molecular complexity index is 910. The SMILES string of the molecule is CCc1ccc(-c2noc(C(C)NC(=O)N3C[C@@H]4CCC[C@@]4(C(=O)O)C3)n2)cc1. The van der Waals surface area contributed by atoms with Crippen molar-refractivity contribution < 1.29 is 19.2 Å². The van der Waals surface area contributed by atoms with Gasteiger partial charge < -0.3 is 19.8 Å². The Morgan fingerprint density at radius 1 is 1.38 bits per heavy atom. The zero-order chi connectivity index (χ0) is 20.6. The van der Waals surface area contributed by atoms with E-state index in [1.807, 2.05) is 24.3 Å². The van der Waals surface area contributed by atoms with Crippen molar-refractivity contribution in [3.63, 3.8) is 0 Å². The average Bonchev–Trinajstić information content (AvgIpc) is 3.42. The maximum Gasteiger partial charge on any atom is 0.318 e. The molecule has 1 unspecified atom stereocenters. The van der Waals surface area contributed by atoms with E-state index >= 15 is 0 Å². The van der Waals surface area contributed by atoms with Gasteiger partial charge in [-0.2, -0.15) is 4.98 Å². The first-order chi connectivity index (χ1) is 13.9. The summed E-state index contributed by atoms with van der Waals surface area (Å²) >= 11 is 0. The van der Waals surface area contributed by atoms with Gasteiger partial charge in [0.05, 0.1) is 5.41 Å². The second kappa shape index (κ2) is 7.50. The standard InChI is InChI=1S/C21H26N4O4/c1-3-14-6-8-15(9-7-14)17-23-18(29-24-17)13(2)22-20(28)25-11-16-5-4-10-21(16,12-25)19(26)27/h6-9,13,16H,3-5,10-12H2,1-2H3,(H,22,28)(H,26,27)/t13?,16-,21+/m0/s1. The first kappa shape index (κ1) is 19.4. The smallest absolute Gasteiger partial charge is 0.318 e. The number of aliphatic carboxylic acids is 1. The molecule has 0 radical (unpaired) electrons. The van der Waals surface area contributed by atoms with Crippen LogP contribution in [0.25, 0.3) is 11.4 Å². The van der Waals surface area contributed by atoms with Crippen LogP contribution in [0.5, 0.6) is 0 Å². The van der Waals surface area contributed by atoms with Crippen LogP contribution in [0.3, 0.4) is 0 Å². The molecular weight excluding hydrogens is 372 g/mol. The number of nitrogens with zero attached hydrogens (tertiary/aromatic N) is 3. The molecular formula is C21H26N4O4. The number of carboxylic acid groups (broad SMARTS) is 1. The van der Waals surface area contributed by atoms with Crippen molar-refractivity contribution >= 4 is 12.0 Å². The van der Waals surface area contributed by atoms with E-state index in [0.717, 1.165) is 24.8 Å². The molecule has 1 saturated carbocycles. The molecule has 2 heterocycles. The van der Waals surface area contributed by atoms with Gasteiger partial charge in [-0.3, -0.25) is 4.79 Å². The lowest BCUT2D eigenvalue weighted by atomic mass is 9.81. The quantitative estimate of drug-likeness (QED) is 0.800. The number of nitrogens with one attached hydrogen (secondary N) is 1. The number of aromatic nitrogens is 2. The molecule has 2 aromatic rings. The molecule has 1 saturated heterocycles. The van der Waals surface area contributed by atoms with Gasteiger partial charge in [0, 0.05) is 18.7 Å². The molecule has 8 nitrogen and oxygen atoms in total. The van der Waals surface area contributed by atoms with Gasteiger partial charge in [-0.05, 0) is 37.7 Å². The van der Waals surface area contributed by atoms with Gasteiger partial charge in [-0.25, -0.2) is 4.79 Å². The molecule has 0 bridgehead atoms. The number of rotatable bonds is 5. The zero-order valence-corrected chi connectivity index (χ0v) is 16.7. The minimum absolute atomic E-state index is 0.0298. The lowest BCUT2D eigenvalue weighted by molar-refractivity contribution is -0.149. The predicted molar refractivity (Wildman–Crippen MR) is 105 cm³/mol. The third-order valence-electron chi connectivity index (χ3n) is 6.36. The van der Waals surface area contributed by atoms with Crippen LogP contribution in [0.2, 0.25) is 0 Å². The molecule has 2 amide bonds. The summed E-state index contributed by atoms with van der Waals surface area (Å²) in [4.78, 5) is 30.5. The molecule has 0 spiro atoms. The van der Waals surface area contributed by atoms with Gasteiger partial charge in [-0.15, -0.1) is 0 Å². The number of hydrogen-bond acceptors (Lipinski definition) is 5. The van der Waals surface area contributed by atoms with Crippen LogP contribution in [-0.2, 0) is 11.2 Å². The predicted octanol–water partition coefficient (Wildman–Crippen LogP) is 3.26. The molecule has 1 aromatic carbocycles. The topological polar surface area (TPSA) is 109 Å². The van der Waals surface area contributed by atoms with E-state index in [4.69, 9.17) is 4.52 Å². The van der Waals surface area contributed by atoms with Crippen molar-refractivity contribution in [1.82, 2.24) is 20.4 Å². The zero-order valence-electron chi connectivity index (χ0n) is 16.7. The maximum atomic E-state index is 12.7. The van der Waals surface area contributed by atoms with Gasteiger partial charge >= 0.3 is 12.0 Å². The Hall–Kier alpha value is -2.90. The molecule has 2 fully saturated rings. The number of benzene rings is 1. The fourth-order valence-electron chi connectivity index (χ4n) is 4.55. The number of carbonyl (C=O) groups excluding carboxylic acids is 1. The van der Waals surface area contributed by atoms with Crippen molar-refractivity contribution in [2.24, 2.45) is 11.3 Å². The van der Waals surface area contributed by atoms with Crippen molar-refractivity contribution in [2.45, 2.75) is 45.6 Å². The Balaban J connectivity index is 1.41. The molecule has 1 aromatic heterocycles. The lowest BCUT2D eigenvalue weighted by Gasteiger charge is -2.24. The molecule has 8 heteroatoms. The Morgan fingerprint density at radius 2 is 2.14 bits per heavy atom. The van der Waals surface area contributed by atoms with Gasteiger partial charge in [0.1, 0.15) is 6.04 Å². The van der Waals surface area contributed by atoms with E-state index < -0.39 is 17.4 Å². The molecule has 2 aliphatic rings. The minimum Gasteiger partial charge on any atom is -0.481 e. The highest BCUT2D eigenvalue weighted by atomic mass is 16.5. The van der Waals surface area contributed by atoms with E-state index in [1.165, 1.54) is 5.56 Å². The van der Waals surface area contributed by atoms with Gasteiger partial charge in [0.15, 0.2) is 0 Å². The van der Waals surface area contributed by atoms with Crippen LogP contribution in [-0.4, -0.2) is 45.2 Å². The summed E-state index contributed by atoms with van der Waals surface area (Å²) in [5, 5.41) is 16.6. The van der Waals surface area contributed by atoms with Crippen LogP contribution in [0.1, 0.15) is 50.6 Å². The number of carboxylic acids is 1. The van der Waals surface area contributed by atoms with Crippen molar-refractivity contribution in [3.8, 4) is 11.4 Å². The molecule has 4 rings (SSSR count). The normalized spacial score (nSPS) is 24.3. The maximum absolute atomic E-state index is 12.7. The highest BCUT2D eigenvalue weighted by Crippen LogP contribution is 2.48. The highest BCUT2D eigenvalue weighted by Gasteiger charge is 2.55. The number of hydrogen-bond donors (Lipinski definition) is 2. The van der Waals surface area contributed by atoms with Crippen molar-refractivity contribution in [1.29, 1.82) is 0 Å². The van der Waals surface area contributed by atoms with Gasteiger partial charge in [0.2, 0.25) is 11.7 Å². The number of likely N-dealkylation sites (tertiary alicyclic amines) is 1. The van der Waals surface area contributed by atoms with Gasteiger partial charge in [0.25, 0.3) is 0 Å². The second-order valence-electron chi connectivity index (χ2n) is 8.11. The lowest BCUT2D eigenvalue weighted by Crippen LogP contribution is -2.42.